The van der Waals surface area contributed by atoms with E-state index >= 15 is 0 Å². The third-order valence-corrected chi connectivity index (χ3v) is 6.82. The van der Waals surface area contributed by atoms with E-state index < -0.39 is 18.2 Å². The molecule has 0 bridgehead atoms. The monoisotopic (exact) mass is 429 g/mol. The lowest BCUT2D eigenvalue weighted by atomic mass is 9.88. The summed E-state index contributed by atoms with van der Waals surface area (Å²) < 4.78 is 0. The van der Waals surface area contributed by atoms with Crippen LogP contribution in [0.2, 0.25) is 0 Å². The molecule has 2 aromatic carbocycles. The van der Waals surface area contributed by atoms with Crippen molar-refractivity contribution < 1.29 is 9.59 Å². The van der Waals surface area contributed by atoms with Crippen molar-refractivity contribution in [2.24, 2.45) is 4.99 Å². The van der Waals surface area contributed by atoms with Crippen LogP contribution in [0.5, 0.6) is 0 Å². The smallest absolute Gasteiger partial charge is 0.314 e. The topological polar surface area (TPSA) is 68.2 Å². The Morgan fingerprint density at radius 1 is 0.938 bits per heavy atom. The van der Waals surface area contributed by atoms with Crippen molar-refractivity contribution in [3.63, 3.8) is 0 Å². The van der Waals surface area contributed by atoms with Crippen LogP contribution in [-0.2, 0) is 4.79 Å². The summed E-state index contributed by atoms with van der Waals surface area (Å²) in [5.41, 5.74) is 4.65. The highest BCUT2D eigenvalue weighted by Crippen LogP contribution is 2.37. The summed E-state index contributed by atoms with van der Waals surface area (Å²) in [6.45, 7) is 4.84. The zero-order chi connectivity index (χ0) is 22.4. The van der Waals surface area contributed by atoms with Crippen molar-refractivity contribution >= 4 is 17.9 Å². The molecule has 1 fully saturated rings. The first-order valence-electron chi connectivity index (χ1n) is 11.0. The molecule has 2 unspecified atom stereocenters. The molecule has 0 spiro atoms. The van der Waals surface area contributed by atoms with E-state index in [-0.39, 0.29) is 11.8 Å². The number of imide groups is 1. The van der Waals surface area contributed by atoms with E-state index in [0.717, 1.165) is 30.3 Å². The van der Waals surface area contributed by atoms with Gasteiger partial charge in [0.1, 0.15) is 0 Å². The molecule has 32 heavy (non-hydrogen) atoms. The zero-order valence-corrected chi connectivity index (χ0v) is 18.5. The second kappa shape index (κ2) is 7.82. The predicted molar refractivity (Wildman–Crippen MR) is 123 cm³/mol. The minimum atomic E-state index is -0.522. The lowest BCUT2D eigenvalue weighted by Gasteiger charge is -2.35. The minimum absolute atomic E-state index is 0.247. The molecule has 2 aromatic rings. The Bertz CT molecular complexity index is 1070. The fraction of sp³-hybridized carbons (Fsp3) is 0.320. The summed E-state index contributed by atoms with van der Waals surface area (Å²) in [6, 6.07) is 20.2. The van der Waals surface area contributed by atoms with Gasteiger partial charge in [-0.25, -0.2) is 9.79 Å². The molecule has 5 rings (SSSR count). The van der Waals surface area contributed by atoms with E-state index in [1.54, 1.807) is 7.05 Å². The maximum atomic E-state index is 12.7. The predicted octanol–water partition coefficient (Wildman–Crippen LogP) is 3.32. The van der Waals surface area contributed by atoms with Gasteiger partial charge in [0.05, 0.1) is 0 Å². The minimum Gasteiger partial charge on any atom is -0.314 e. The fourth-order valence-electron chi connectivity index (χ4n) is 4.95. The SMILES string of the molecule is CC1=C(C)N2C(=NC3C2C(=O)NC(=O)N3C)N1CCC(c1ccccc1)c1ccccc1. The molecule has 0 saturated carbocycles. The number of urea groups is 1. The van der Waals surface area contributed by atoms with Gasteiger partial charge in [0.2, 0.25) is 5.96 Å². The van der Waals surface area contributed by atoms with Gasteiger partial charge in [-0.3, -0.25) is 15.0 Å². The van der Waals surface area contributed by atoms with E-state index in [1.807, 2.05) is 24.0 Å². The number of allylic oxidation sites excluding steroid dienone is 2. The molecule has 0 radical (unpaired) electrons. The normalized spacial score (nSPS) is 22.4. The highest BCUT2D eigenvalue weighted by Gasteiger charge is 2.53. The molecule has 3 aliphatic rings. The van der Waals surface area contributed by atoms with E-state index in [9.17, 15) is 9.59 Å². The van der Waals surface area contributed by atoms with Gasteiger partial charge in [-0.2, -0.15) is 0 Å². The second-order valence-corrected chi connectivity index (χ2v) is 8.55. The Hall–Kier alpha value is -3.61. The summed E-state index contributed by atoms with van der Waals surface area (Å²) in [5.74, 6) is 0.709. The molecule has 3 heterocycles. The fourth-order valence-corrected chi connectivity index (χ4v) is 4.95. The molecule has 7 heteroatoms. The standard InChI is InChI=1S/C25H27N5O2/c1-16-17(2)30-21-22(28(3)25(32)27-23(21)31)26-24(30)29(16)15-14-20(18-10-6-4-7-11-18)19-12-8-5-9-13-19/h4-13,20-22H,14-15H2,1-3H3,(H,27,31,32). The second-order valence-electron chi connectivity index (χ2n) is 8.55. The van der Waals surface area contributed by atoms with Crippen molar-refractivity contribution in [2.75, 3.05) is 13.6 Å². The van der Waals surface area contributed by atoms with E-state index in [2.05, 4.69) is 65.7 Å². The van der Waals surface area contributed by atoms with Crippen molar-refractivity contribution in [3.8, 4) is 0 Å². The average molecular weight is 430 g/mol. The molecule has 2 atom stereocenters. The number of likely N-dealkylation sites (N-methyl/N-ethyl adjacent to an activating group) is 1. The number of hydrogen-bond donors (Lipinski definition) is 1. The highest BCUT2D eigenvalue weighted by atomic mass is 16.2. The summed E-state index contributed by atoms with van der Waals surface area (Å²) >= 11 is 0. The van der Waals surface area contributed by atoms with Crippen molar-refractivity contribution in [3.05, 3.63) is 83.2 Å². The molecule has 7 nitrogen and oxygen atoms in total. The lowest BCUT2D eigenvalue weighted by Crippen LogP contribution is -2.63. The van der Waals surface area contributed by atoms with Crippen molar-refractivity contribution in [2.45, 2.75) is 38.4 Å². The molecule has 3 amide bonds. The van der Waals surface area contributed by atoms with Crippen LogP contribution < -0.4 is 5.32 Å². The Morgan fingerprint density at radius 2 is 1.53 bits per heavy atom. The molecule has 1 saturated heterocycles. The van der Waals surface area contributed by atoms with E-state index in [0.29, 0.717) is 0 Å². The molecule has 164 valence electrons. The Kier molecular flexibility index (Phi) is 4.96. The quantitative estimate of drug-likeness (QED) is 0.792. The van der Waals surface area contributed by atoms with Gasteiger partial charge in [-0.05, 0) is 31.4 Å². The Balaban J connectivity index is 1.44. The molecular formula is C25H27N5O2. The largest absolute Gasteiger partial charge is 0.325 e. The lowest BCUT2D eigenvalue weighted by molar-refractivity contribution is -0.126. The number of fused-ring (bicyclic) bond motifs is 3. The van der Waals surface area contributed by atoms with Crippen LogP contribution in [0.4, 0.5) is 4.79 Å². The van der Waals surface area contributed by atoms with Crippen LogP contribution >= 0.6 is 0 Å². The maximum absolute atomic E-state index is 12.7. The number of aliphatic imine (C=N–C) groups is 1. The number of nitrogens with zero attached hydrogens (tertiary/aromatic N) is 4. The number of rotatable bonds is 5. The van der Waals surface area contributed by atoms with Crippen LogP contribution in [0.3, 0.4) is 0 Å². The first kappa shape index (κ1) is 20.3. The van der Waals surface area contributed by atoms with Gasteiger partial charge < -0.3 is 9.80 Å². The van der Waals surface area contributed by atoms with Gasteiger partial charge in [-0.15, -0.1) is 0 Å². The maximum Gasteiger partial charge on any atom is 0.325 e. The van der Waals surface area contributed by atoms with Crippen LogP contribution in [-0.4, -0.2) is 58.4 Å². The average Bonchev–Trinajstić information content (AvgIpc) is 3.31. The third kappa shape index (κ3) is 3.16. The number of nitrogens with one attached hydrogen (secondary N) is 1. The highest BCUT2D eigenvalue weighted by molar-refractivity contribution is 6.05. The molecule has 3 aliphatic heterocycles. The number of benzene rings is 2. The summed E-state index contributed by atoms with van der Waals surface area (Å²) in [5, 5.41) is 2.45. The first-order valence-corrected chi connectivity index (χ1v) is 11.0. The van der Waals surface area contributed by atoms with Gasteiger partial charge in [0.25, 0.3) is 5.91 Å². The van der Waals surface area contributed by atoms with Gasteiger partial charge in [-0.1, -0.05) is 60.7 Å². The van der Waals surface area contributed by atoms with Crippen LogP contribution in [0.1, 0.15) is 37.3 Å². The summed E-state index contributed by atoms with van der Waals surface area (Å²) in [4.78, 5) is 35.3. The van der Waals surface area contributed by atoms with E-state index in [4.69, 9.17) is 4.99 Å². The van der Waals surface area contributed by atoms with Crippen LogP contribution in [0.25, 0.3) is 0 Å². The summed E-state index contributed by atoms with van der Waals surface area (Å²) in [6.07, 6.45) is 0.387. The van der Waals surface area contributed by atoms with E-state index in [1.165, 1.54) is 16.0 Å². The third-order valence-electron chi connectivity index (χ3n) is 6.82. The summed E-state index contributed by atoms with van der Waals surface area (Å²) in [7, 11) is 1.68. The van der Waals surface area contributed by atoms with Gasteiger partial charge >= 0.3 is 6.03 Å². The molecule has 0 aromatic heterocycles. The Morgan fingerprint density at radius 3 is 2.12 bits per heavy atom. The number of carbonyl (C=O) groups excluding carboxylic acids is 2. The van der Waals surface area contributed by atoms with Crippen molar-refractivity contribution in [1.82, 2.24) is 20.0 Å². The number of amides is 3. The number of carbonyl (C=O) groups is 2. The first-order chi connectivity index (χ1) is 15.5. The zero-order valence-electron chi connectivity index (χ0n) is 18.5. The Labute approximate surface area is 188 Å². The van der Waals surface area contributed by atoms with Gasteiger partial charge in [0, 0.05) is 30.9 Å². The van der Waals surface area contributed by atoms with Crippen LogP contribution in [0, 0.1) is 0 Å². The number of guanidine groups is 1. The molecule has 0 aliphatic carbocycles. The van der Waals surface area contributed by atoms with Crippen LogP contribution in [0.15, 0.2) is 77.1 Å². The molecule has 1 N–H and O–H groups in total. The molecular weight excluding hydrogens is 402 g/mol. The van der Waals surface area contributed by atoms with Crippen molar-refractivity contribution in [1.29, 1.82) is 0 Å². The van der Waals surface area contributed by atoms with Gasteiger partial charge in [0.15, 0.2) is 12.2 Å². The number of hydrogen-bond acceptors (Lipinski definition) is 5.